The normalized spacial score (nSPS) is 10.0. The molecule has 2 aromatic rings. The van der Waals surface area contributed by atoms with Gasteiger partial charge < -0.3 is 5.11 Å². The Morgan fingerprint density at radius 1 is 1.21 bits per heavy atom. The van der Waals surface area contributed by atoms with Gasteiger partial charge in [0.05, 0.1) is 18.2 Å². The molecule has 2 aromatic carbocycles. The predicted octanol–water partition coefficient (Wildman–Crippen LogP) is 2.20. The van der Waals surface area contributed by atoms with Gasteiger partial charge in [-0.25, -0.2) is 0 Å². The second-order valence-corrected chi connectivity index (χ2v) is 3.12. The zero-order valence-electron chi connectivity index (χ0n) is 7.57. The number of hydrogen-bond donors (Lipinski definition) is 1. The Kier molecular flexibility index (Phi) is 2.18. The fourth-order valence-corrected chi connectivity index (χ4v) is 1.54. The minimum atomic E-state index is 0.00617. The molecule has 0 unspecified atom stereocenters. The van der Waals surface area contributed by atoms with Gasteiger partial charge in [-0.05, 0) is 28.5 Å². The lowest BCUT2D eigenvalue weighted by Crippen LogP contribution is -1.86. The minimum Gasteiger partial charge on any atom is -0.392 e. The average molecular weight is 183 g/mol. The Morgan fingerprint density at radius 2 is 2.07 bits per heavy atom. The van der Waals surface area contributed by atoms with Gasteiger partial charge in [-0.1, -0.05) is 24.3 Å². The van der Waals surface area contributed by atoms with E-state index >= 15 is 0 Å². The first-order valence-corrected chi connectivity index (χ1v) is 4.38. The van der Waals surface area contributed by atoms with E-state index in [0.717, 1.165) is 16.3 Å². The number of benzene rings is 2. The molecule has 0 spiro atoms. The van der Waals surface area contributed by atoms with E-state index < -0.39 is 0 Å². The zero-order valence-corrected chi connectivity index (χ0v) is 7.57. The van der Waals surface area contributed by atoms with Gasteiger partial charge in [-0.2, -0.15) is 5.26 Å². The molecule has 0 atom stereocenters. The van der Waals surface area contributed by atoms with E-state index in [4.69, 9.17) is 10.4 Å². The van der Waals surface area contributed by atoms with Gasteiger partial charge in [-0.3, -0.25) is 0 Å². The number of aliphatic hydroxyl groups excluding tert-OH is 1. The van der Waals surface area contributed by atoms with Gasteiger partial charge in [0.2, 0.25) is 0 Å². The predicted molar refractivity (Wildman–Crippen MR) is 54.6 cm³/mol. The number of nitriles is 1. The quantitative estimate of drug-likeness (QED) is 0.736. The van der Waals surface area contributed by atoms with Crippen molar-refractivity contribution in [3.8, 4) is 6.07 Å². The fraction of sp³-hybridized carbons (Fsp3) is 0.0833. The summed E-state index contributed by atoms with van der Waals surface area (Å²) >= 11 is 0. The molecule has 1 N–H and O–H groups in total. The van der Waals surface area contributed by atoms with Gasteiger partial charge in [-0.15, -0.1) is 0 Å². The van der Waals surface area contributed by atoms with Crippen LogP contribution in [0.1, 0.15) is 11.1 Å². The summed E-state index contributed by atoms with van der Waals surface area (Å²) in [6, 6.07) is 13.3. The van der Waals surface area contributed by atoms with Crippen molar-refractivity contribution < 1.29 is 5.11 Å². The van der Waals surface area contributed by atoms with E-state index in [-0.39, 0.29) is 6.61 Å². The monoisotopic (exact) mass is 183 g/mol. The maximum absolute atomic E-state index is 9.12. The third-order valence-electron chi connectivity index (χ3n) is 2.27. The van der Waals surface area contributed by atoms with E-state index in [2.05, 4.69) is 6.07 Å². The van der Waals surface area contributed by atoms with Crippen LogP contribution in [-0.4, -0.2) is 5.11 Å². The van der Waals surface area contributed by atoms with Gasteiger partial charge in [0.1, 0.15) is 0 Å². The van der Waals surface area contributed by atoms with Crippen LogP contribution in [0.2, 0.25) is 0 Å². The molecule has 2 heteroatoms. The molecular formula is C12H9NO. The minimum absolute atomic E-state index is 0.00617. The smallest absolute Gasteiger partial charge is 0.0991 e. The highest BCUT2D eigenvalue weighted by atomic mass is 16.3. The number of nitrogens with zero attached hydrogens (tertiary/aromatic N) is 1. The number of aliphatic hydroxyl groups is 1. The van der Waals surface area contributed by atoms with Crippen molar-refractivity contribution in [3.05, 3.63) is 47.5 Å². The first-order valence-electron chi connectivity index (χ1n) is 4.38. The van der Waals surface area contributed by atoms with Crippen LogP contribution in [0.15, 0.2) is 36.4 Å². The SMILES string of the molecule is N#Cc1ccc2cccc(CO)c2c1. The number of fused-ring (bicyclic) bond motifs is 1. The molecule has 68 valence electrons. The van der Waals surface area contributed by atoms with Crippen LogP contribution in [0.4, 0.5) is 0 Å². The Balaban J connectivity index is 2.78. The molecule has 0 aliphatic rings. The van der Waals surface area contributed by atoms with Crippen molar-refractivity contribution in [2.24, 2.45) is 0 Å². The molecule has 0 saturated heterocycles. The van der Waals surface area contributed by atoms with Crippen LogP contribution in [0, 0.1) is 11.3 Å². The second kappa shape index (κ2) is 3.49. The highest BCUT2D eigenvalue weighted by Gasteiger charge is 2.00. The zero-order chi connectivity index (χ0) is 9.97. The van der Waals surface area contributed by atoms with E-state index in [1.54, 1.807) is 12.1 Å². The Hall–Kier alpha value is -1.85. The topological polar surface area (TPSA) is 44.0 Å². The Labute approximate surface area is 82.0 Å². The van der Waals surface area contributed by atoms with Crippen LogP contribution < -0.4 is 0 Å². The van der Waals surface area contributed by atoms with E-state index in [1.165, 1.54) is 0 Å². The molecule has 0 aliphatic carbocycles. The highest BCUT2D eigenvalue weighted by molar-refractivity contribution is 5.86. The molecule has 0 heterocycles. The fourth-order valence-electron chi connectivity index (χ4n) is 1.54. The summed E-state index contributed by atoms with van der Waals surface area (Å²) in [5.41, 5.74) is 1.48. The van der Waals surface area contributed by atoms with Crippen LogP contribution in [0.3, 0.4) is 0 Å². The van der Waals surface area contributed by atoms with E-state index in [1.807, 2.05) is 24.3 Å². The summed E-state index contributed by atoms with van der Waals surface area (Å²) in [4.78, 5) is 0. The van der Waals surface area contributed by atoms with Crippen LogP contribution in [0.5, 0.6) is 0 Å². The number of rotatable bonds is 1. The third kappa shape index (κ3) is 1.34. The molecule has 0 amide bonds. The molecule has 0 fully saturated rings. The lowest BCUT2D eigenvalue weighted by atomic mass is 10.0. The molecule has 0 radical (unpaired) electrons. The standard InChI is InChI=1S/C12H9NO/c13-7-9-4-5-10-2-1-3-11(8-14)12(10)6-9/h1-6,14H,8H2. The van der Waals surface area contributed by atoms with Crippen molar-refractivity contribution in [1.29, 1.82) is 5.26 Å². The summed E-state index contributed by atoms with van der Waals surface area (Å²) in [7, 11) is 0. The van der Waals surface area contributed by atoms with E-state index in [9.17, 15) is 0 Å². The van der Waals surface area contributed by atoms with Crippen molar-refractivity contribution in [2.45, 2.75) is 6.61 Å². The van der Waals surface area contributed by atoms with Crippen molar-refractivity contribution in [2.75, 3.05) is 0 Å². The van der Waals surface area contributed by atoms with Gasteiger partial charge in [0, 0.05) is 0 Å². The van der Waals surface area contributed by atoms with Gasteiger partial charge >= 0.3 is 0 Å². The molecule has 0 saturated carbocycles. The van der Waals surface area contributed by atoms with Gasteiger partial charge in [0.25, 0.3) is 0 Å². The second-order valence-electron chi connectivity index (χ2n) is 3.12. The average Bonchev–Trinajstić information content (AvgIpc) is 2.27. The Bertz CT molecular complexity index is 511. The van der Waals surface area contributed by atoms with Crippen molar-refractivity contribution >= 4 is 10.8 Å². The van der Waals surface area contributed by atoms with Crippen molar-refractivity contribution in [3.63, 3.8) is 0 Å². The maximum Gasteiger partial charge on any atom is 0.0991 e. The summed E-state index contributed by atoms with van der Waals surface area (Å²) in [5, 5.41) is 19.9. The highest BCUT2D eigenvalue weighted by Crippen LogP contribution is 2.20. The van der Waals surface area contributed by atoms with Crippen LogP contribution in [-0.2, 0) is 6.61 Å². The molecular weight excluding hydrogens is 174 g/mol. The first kappa shape index (κ1) is 8.74. The summed E-state index contributed by atoms with van der Waals surface area (Å²) in [6.45, 7) is 0.00617. The Morgan fingerprint density at radius 3 is 2.79 bits per heavy atom. The molecule has 0 bridgehead atoms. The lowest BCUT2D eigenvalue weighted by molar-refractivity contribution is 0.283. The molecule has 2 nitrogen and oxygen atoms in total. The van der Waals surface area contributed by atoms with E-state index in [0.29, 0.717) is 5.56 Å². The molecule has 0 aliphatic heterocycles. The van der Waals surface area contributed by atoms with Crippen LogP contribution in [0.25, 0.3) is 10.8 Å². The number of hydrogen-bond acceptors (Lipinski definition) is 2. The molecule has 0 aromatic heterocycles. The third-order valence-corrected chi connectivity index (χ3v) is 2.27. The van der Waals surface area contributed by atoms with Gasteiger partial charge in [0.15, 0.2) is 0 Å². The summed E-state index contributed by atoms with van der Waals surface area (Å²) < 4.78 is 0. The lowest BCUT2D eigenvalue weighted by Gasteiger charge is -2.03. The van der Waals surface area contributed by atoms with Crippen LogP contribution >= 0.6 is 0 Å². The van der Waals surface area contributed by atoms with Crippen molar-refractivity contribution in [1.82, 2.24) is 0 Å². The maximum atomic E-state index is 9.12. The molecule has 14 heavy (non-hydrogen) atoms. The summed E-state index contributed by atoms with van der Waals surface area (Å²) in [6.07, 6.45) is 0. The largest absolute Gasteiger partial charge is 0.392 e. The summed E-state index contributed by atoms with van der Waals surface area (Å²) in [5.74, 6) is 0. The first-order chi connectivity index (χ1) is 6.85. The molecule has 2 rings (SSSR count).